The van der Waals surface area contributed by atoms with Crippen LogP contribution in [0.1, 0.15) is 26.6 Å². The molecular weight excluding hydrogens is 228 g/mol. The first kappa shape index (κ1) is 14.7. The fourth-order valence-electron chi connectivity index (χ4n) is 1.89. The van der Waals surface area contributed by atoms with E-state index in [2.05, 4.69) is 41.0 Å². The van der Waals surface area contributed by atoms with Gasteiger partial charge in [0, 0.05) is 18.7 Å². The highest BCUT2D eigenvalue weighted by molar-refractivity contribution is 5.39. The normalized spacial score (nSPS) is 12.6. The monoisotopic (exact) mass is 252 g/mol. The Hall–Kier alpha value is -1.36. The van der Waals surface area contributed by atoms with Gasteiger partial charge in [-0.2, -0.15) is 4.98 Å². The molecule has 0 saturated heterocycles. The lowest BCUT2D eigenvalue weighted by Gasteiger charge is -2.23. The minimum Gasteiger partial charge on any atom is -0.481 e. The molecule has 1 aromatic rings. The quantitative estimate of drug-likeness (QED) is 0.803. The number of hydrogen-bond acceptors (Lipinski definition) is 5. The van der Waals surface area contributed by atoms with Gasteiger partial charge in [0.15, 0.2) is 0 Å². The molecule has 0 spiro atoms. The summed E-state index contributed by atoms with van der Waals surface area (Å²) in [5.41, 5.74) is 0. The highest BCUT2D eigenvalue weighted by atomic mass is 16.5. The fourth-order valence-corrected chi connectivity index (χ4v) is 1.89. The molecule has 18 heavy (non-hydrogen) atoms. The van der Waals surface area contributed by atoms with E-state index >= 15 is 0 Å². The Morgan fingerprint density at radius 3 is 2.56 bits per heavy atom. The largest absolute Gasteiger partial charge is 0.481 e. The number of nitrogens with zero attached hydrogens (tertiary/aromatic N) is 3. The van der Waals surface area contributed by atoms with E-state index in [4.69, 9.17) is 4.74 Å². The zero-order valence-corrected chi connectivity index (χ0v) is 12.0. The van der Waals surface area contributed by atoms with Crippen molar-refractivity contribution < 1.29 is 4.74 Å². The lowest BCUT2D eigenvalue weighted by atomic mass is 10.3. The first-order valence-corrected chi connectivity index (χ1v) is 6.47. The van der Waals surface area contributed by atoms with Gasteiger partial charge in [-0.3, -0.25) is 0 Å². The van der Waals surface area contributed by atoms with Crippen molar-refractivity contribution >= 4 is 5.82 Å². The van der Waals surface area contributed by atoms with Crippen LogP contribution in [-0.2, 0) is 0 Å². The number of likely N-dealkylation sites (N-methyl/N-ethyl adjacent to an activating group) is 1. The Morgan fingerprint density at radius 1 is 1.33 bits per heavy atom. The fraction of sp³-hybridized carbons (Fsp3) is 0.692. The van der Waals surface area contributed by atoms with Gasteiger partial charge in [-0.25, -0.2) is 4.98 Å². The predicted octanol–water partition coefficient (Wildman–Crippen LogP) is 1.94. The molecule has 102 valence electrons. The number of hydrogen-bond donors (Lipinski definition) is 1. The van der Waals surface area contributed by atoms with Gasteiger partial charge in [0.1, 0.15) is 11.6 Å². The van der Waals surface area contributed by atoms with Gasteiger partial charge in [0.25, 0.3) is 0 Å². The van der Waals surface area contributed by atoms with Crippen LogP contribution in [0.15, 0.2) is 6.07 Å². The van der Waals surface area contributed by atoms with Crippen LogP contribution in [0.2, 0.25) is 0 Å². The molecule has 1 atom stereocenters. The predicted molar refractivity (Wildman–Crippen MR) is 74.2 cm³/mol. The van der Waals surface area contributed by atoms with E-state index in [9.17, 15) is 0 Å². The Bertz CT molecular complexity index is 366. The molecule has 1 rings (SSSR count). The molecule has 5 nitrogen and oxygen atoms in total. The molecule has 0 aliphatic carbocycles. The standard InChI is InChI=1S/C13H24N4O/c1-6-17(7-2)9-10(3)14-12-8-13(18-5)16-11(4)15-12/h8,10H,6-7,9H2,1-5H3,(H,14,15,16). The number of nitrogens with one attached hydrogen (secondary N) is 1. The average molecular weight is 252 g/mol. The number of ether oxygens (including phenoxy) is 1. The molecule has 0 fully saturated rings. The number of rotatable bonds is 7. The summed E-state index contributed by atoms with van der Waals surface area (Å²) in [7, 11) is 1.62. The van der Waals surface area contributed by atoms with Crippen LogP contribution in [0.25, 0.3) is 0 Å². The maximum Gasteiger partial charge on any atom is 0.218 e. The molecular formula is C13H24N4O. The van der Waals surface area contributed by atoms with E-state index in [-0.39, 0.29) is 0 Å². The van der Waals surface area contributed by atoms with Crippen molar-refractivity contribution in [2.24, 2.45) is 0 Å². The lowest BCUT2D eigenvalue weighted by molar-refractivity contribution is 0.294. The number of aromatic nitrogens is 2. The third-order valence-corrected chi connectivity index (χ3v) is 2.84. The van der Waals surface area contributed by atoms with Gasteiger partial charge in [-0.15, -0.1) is 0 Å². The van der Waals surface area contributed by atoms with Crippen LogP contribution < -0.4 is 10.1 Å². The molecule has 1 aromatic heterocycles. The van der Waals surface area contributed by atoms with Crippen molar-refractivity contribution in [3.8, 4) is 5.88 Å². The summed E-state index contributed by atoms with van der Waals surface area (Å²) in [5.74, 6) is 2.13. The topological polar surface area (TPSA) is 50.3 Å². The maximum absolute atomic E-state index is 5.14. The van der Waals surface area contributed by atoms with Crippen LogP contribution in [0.3, 0.4) is 0 Å². The van der Waals surface area contributed by atoms with Crippen molar-refractivity contribution in [2.45, 2.75) is 33.7 Å². The smallest absolute Gasteiger partial charge is 0.218 e. The summed E-state index contributed by atoms with van der Waals surface area (Å²) in [6.07, 6.45) is 0. The second kappa shape index (κ2) is 7.16. The SMILES string of the molecule is CCN(CC)CC(C)Nc1cc(OC)nc(C)n1. The van der Waals surface area contributed by atoms with E-state index in [0.29, 0.717) is 17.7 Å². The van der Waals surface area contributed by atoms with E-state index in [1.54, 1.807) is 7.11 Å². The average Bonchev–Trinajstić information content (AvgIpc) is 2.35. The molecule has 0 bridgehead atoms. The Morgan fingerprint density at radius 2 is 2.00 bits per heavy atom. The minimum atomic E-state index is 0.337. The highest BCUT2D eigenvalue weighted by Gasteiger charge is 2.09. The van der Waals surface area contributed by atoms with Crippen LogP contribution >= 0.6 is 0 Å². The zero-order valence-electron chi connectivity index (χ0n) is 12.0. The summed E-state index contributed by atoms with van der Waals surface area (Å²) in [4.78, 5) is 10.9. The van der Waals surface area contributed by atoms with Crippen LogP contribution in [-0.4, -0.2) is 47.7 Å². The molecule has 1 unspecified atom stereocenters. The summed E-state index contributed by atoms with van der Waals surface area (Å²) in [6, 6.07) is 2.16. The lowest BCUT2D eigenvalue weighted by Crippen LogP contribution is -2.35. The van der Waals surface area contributed by atoms with Gasteiger partial charge in [-0.1, -0.05) is 13.8 Å². The van der Waals surface area contributed by atoms with Gasteiger partial charge in [-0.05, 0) is 26.9 Å². The third-order valence-electron chi connectivity index (χ3n) is 2.84. The number of aryl methyl sites for hydroxylation is 1. The van der Waals surface area contributed by atoms with Crippen molar-refractivity contribution in [1.82, 2.24) is 14.9 Å². The summed E-state index contributed by atoms with van der Waals surface area (Å²) in [6.45, 7) is 11.5. The molecule has 0 amide bonds. The Labute approximate surface area is 110 Å². The second-order valence-electron chi connectivity index (χ2n) is 4.37. The van der Waals surface area contributed by atoms with Crippen molar-refractivity contribution in [2.75, 3.05) is 32.1 Å². The molecule has 0 radical (unpaired) electrons. The molecule has 0 aromatic carbocycles. The molecule has 0 aliphatic rings. The van der Waals surface area contributed by atoms with Crippen molar-refractivity contribution in [3.05, 3.63) is 11.9 Å². The zero-order chi connectivity index (χ0) is 13.5. The van der Waals surface area contributed by atoms with E-state index < -0.39 is 0 Å². The Kier molecular flexibility index (Phi) is 5.85. The first-order chi connectivity index (χ1) is 8.58. The van der Waals surface area contributed by atoms with E-state index in [0.717, 1.165) is 25.5 Å². The first-order valence-electron chi connectivity index (χ1n) is 6.47. The highest BCUT2D eigenvalue weighted by Crippen LogP contribution is 2.13. The Balaban J connectivity index is 2.63. The second-order valence-corrected chi connectivity index (χ2v) is 4.37. The summed E-state index contributed by atoms with van der Waals surface area (Å²) in [5, 5.41) is 3.38. The summed E-state index contributed by atoms with van der Waals surface area (Å²) >= 11 is 0. The summed E-state index contributed by atoms with van der Waals surface area (Å²) < 4.78 is 5.14. The van der Waals surface area contributed by atoms with Crippen LogP contribution in [0.5, 0.6) is 5.88 Å². The van der Waals surface area contributed by atoms with Crippen LogP contribution in [0.4, 0.5) is 5.82 Å². The number of anilines is 1. The molecule has 5 heteroatoms. The van der Waals surface area contributed by atoms with Gasteiger partial charge in [0.05, 0.1) is 7.11 Å². The molecule has 0 saturated carbocycles. The van der Waals surface area contributed by atoms with Crippen molar-refractivity contribution in [1.29, 1.82) is 0 Å². The number of methoxy groups -OCH3 is 1. The van der Waals surface area contributed by atoms with Crippen LogP contribution in [0, 0.1) is 6.92 Å². The van der Waals surface area contributed by atoms with Crippen molar-refractivity contribution in [3.63, 3.8) is 0 Å². The molecule has 0 aliphatic heterocycles. The van der Waals surface area contributed by atoms with E-state index in [1.165, 1.54) is 0 Å². The molecule has 1 N–H and O–H groups in total. The third kappa shape index (κ3) is 4.49. The van der Waals surface area contributed by atoms with E-state index in [1.807, 2.05) is 13.0 Å². The van der Waals surface area contributed by atoms with Gasteiger partial charge >= 0.3 is 0 Å². The van der Waals surface area contributed by atoms with Gasteiger partial charge in [0.2, 0.25) is 5.88 Å². The molecule has 1 heterocycles. The van der Waals surface area contributed by atoms with Gasteiger partial charge < -0.3 is 15.0 Å². The minimum absolute atomic E-state index is 0.337. The maximum atomic E-state index is 5.14.